The lowest BCUT2D eigenvalue weighted by atomic mass is 9.95. The van der Waals surface area contributed by atoms with Gasteiger partial charge in [0.25, 0.3) is 0 Å². The number of hydrogen-bond acceptors (Lipinski definition) is 3. The van der Waals surface area contributed by atoms with Gasteiger partial charge in [0.15, 0.2) is 0 Å². The Hall–Kier alpha value is 0.270. The maximum absolute atomic E-state index is 9.84. The van der Waals surface area contributed by atoms with Crippen LogP contribution >= 0.6 is 12.6 Å². The van der Waals surface area contributed by atoms with E-state index in [1.165, 1.54) is 0 Å². The monoisotopic (exact) mass is 189 g/mol. The first kappa shape index (κ1) is 10.4. The summed E-state index contributed by atoms with van der Waals surface area (Å²) >= 11 is 4.37. The Kier molecular flexibility index (Phi) is 3.87. The molecule has 0 radical (unpaired) electrons. The van der Waals surface area contributed by atoms with Crippen LogP contribution in [0, 0.1) is 5.92 Å². The highest BCUT2D eigenvalue weighted by atomic mass is 32.1. The Labute approximate surface area is 80.2 Å². The Bertz CT molecular complexity index is 142. The Morgan fingerprint density at radius 1 is 1.67 bits per heavy atom. The van der Waals surface area contributed by atoms with Gasteiger partial charge in [-0.1, -0.05) is 20.3 Å². The average molecular weight is 189 g/mol. The summed E-state index contributed by atoms with van der Waals surface area (Å²) in [5.41, 5.74) is 0. The topological polar surface area (TPSA) is 32.3 Å². The normalized spacial score (nSPS) is 35.0. The smallest absolute Gasteiger partial charge is 0.0718 e. The van der Waals surface area contributed by atoms with E-state index in [1.807, 2.05) is 0 Å². The molecule has 0 amide bonds. The SMILES string of the molecule is CCC(C)C(O)C1CC(S)CN1. The number of aliphatic hydroxyl groups excluding tert-OH is 1. The first-order chi connectivity index (χ1) is 5.65. The Morgan fingerprint density at radius 3 is 2.75 bits per heavy atom. The third kappa shape index (κ3) is 2.38. The van der Waals surface area contributed by atoms with Crippen molar-refractivity contribution in [3.05, 3.63) is 0 Å². The molecule has 1 aliphatic heterocycles. The van der Waals surface area contributed by atoms with Gasteiger partial charge in [-0.25, -0.2) is 0 Å². The van der Waals surface area contributed by atoms with E-state index in [9.17, 15) is 5.11 Å². The van der Waals surface area contributed by atoms with Crippen molar-refractivity contribution >= 4 is 12.6 Å². The van der Waals surface area contributed by atoms with Gasteiger partial charge < -0.3 is 10.4 Å². The van der Waals surface area contributed by atoms with Gasteiger partial charge in [0.1, 0.15) is 0 Å². The van der Waals surface area contributed by atoms with Crippen LogP contribution in [0.15, 0.2) is 0 Å². The summed E-state index contributed by atoms with van der Waals surface area (Å²) in [7, 11) is 0. The lowest BCUT2D eigenvalue weighted by Crippen LogP contribution is -2.38. The van der Waals surface area contributed by atoms with E-state index in [0.717, 1.165) is 19.4 Å². The third-order valence-corrected chi connectivity index (χ3v) is 3.17. The van der Waals surface area contributed by atoms with Crippen molar-refractivity contribution in [3.8, 4) is 0 Å². The van der Waals surface area contributed by atoms with E-state index in [-0.39, 0.29) is 12.1 Å². The van der Waals surface area contributed by atoms with Gasteiger partial charge in [0, 0.05) is 17.8 Å². The van der Waals surface area contributed by atoms with Gasteiger partial charge in [-0.3, -0.25) is 0 Å². The highest BCUT2D eigenvalue weighted by molar-refractivity contribution is 7.81. The Balaban J connectivity index is 2.37. The fraction of sp³-hybridized carbons (Fsp3) is 1.00. The molecule has 0 aromatic heterocycles. The second-order valence-corrected chi connectivity index (χ2v) is 4.51. The van der Waals surface area contributed by atoms with Crippen molar-refractivity contribution in [2.45, 2.75) is 44.1 Å². The summed E-state index contributed by atoms with van der Waals surface area (Å²) in [6.07, 6.45) is 1.83. The highest BCUT2D eigenvalue weighted by Gasteiger charge is 2.29. The van der Waals surface area contributed by atoms with Gasteiger partial charge in [-0.05, 0) is 12.3 Å². The minimum atomic E-state index is -0.202. The number of nitrogens with one attached hydrogen (secondary N) is 1. The number of thiol groups is 1. The summed E-state index contributed by atoms with van der Waals surface area (Å²) in [5.74, 6) is 0.390. The predicted molar refractivity (Wildman–Crippen MR) is 54.6 cm³/mol. The van der Waals surface area contributed by atoms with Crippen molar-refractivity contribution in [3.63, 3.8) is 0 Å². The van der Waals surface area contributed by atoms with E-state index in [4.69, 9.17) is 0 Å². The van der Waals surface area contributed by atoms with Gasteiger partial charge >= 0.3 is 0 Å². The van der Waals surface area contributed by atoms with Crippen molar-refractivity contribution in [1.29, 1.82) is 0 Å². The molecule has 4 unspecified atom stereocenters. The van der Waals surface area contributed by atoms with Gasteiger partial charge in [-0.15, -0.1) is 0 Å². The molecule has 0 aromatic carbocycles. The van der Waals surface area contributed by atoms with E-state index >= 15 is 0 Å². The lowest BCUT2D eigenvalue weighted by molar-refractivity contribution is 0.0812. The summed E-state index contributed by atoms with van der Waals surface area (Å²) in [5, 5.41) is 13.6. The number of hydrogen-bond donors (Lipinski definition) is 3. The van der Waals surface area contributed by atoms with Crippen LogP contribution in [-0.2, 0) is 0 Å². The summed E-state index contributed by atoms with van der Waals surface area (Å²) in [6, 6.07) is 0.266. The molecular formula is C9H19NOS. The molecule has 3 heteroatoms. The molecule has 0 aliphatic carbocycles. The van der Waals surface area contributed by atoms with Gasteiger partial charge in [0.2, 0.25) is 0 Å². The second-order valence-electron chi connectivity index (χ2n) is 3.78. The zero-order valence-corrected chi connectivity index (χ0v) is 8.72. The van der Waals surface area contributed by atoms with E-state index in [0.29, 0.717) is 11.2 Å². The van der Waals surface area contributed by atoms with Gasteiger partial charge in [0.05, 0.1) is 6.10 Å². The highest BCUT2D eigenvalue weighted by Crippen LogP contribution is 2.20. The molecule has 1 heterocycles. The summed E-state index contributed by atoms with van der Waals surface area (Å²) < 4.78 is 0. The van der Waals surface area contributed by atoms with E-state index in [1.54, 1.807) is 0 Å². The molecule has 0 spiro atoms. The molecule has 1 saturated heterocycles. The van der Waals surface area contributed by atoms with Crippen LogP contribution in [-0.4, -0.2) is 29.0 Å². The van der Waals surface area contributed by atoms with Crippen LogP contribution in [0.1, 0.15) is 26.7 Å². The number of aliphatic hydroxyl groups is 1. The molecule has 0 bridgehead atoms. The predicted octanol–water partition coefficient (Wildman–Crippen LogP) is 1.05. The first-order valence-corrected chi connectivity index (χ1v) is 5.26. The van der Waals surface area contributed by atoms with E-state index in [2.05, 4.69) is 31.8 Å². The molecule has 0 saturated carbocycles. The summed E-state index contributed by atoms with van der Waals surface area (Å²) in [6.45, 7) is 5.14. The maximum Gasteiger partial charge on any atom is 0.0718 e. The van der Waals surface area contributed by atoms with Crippen LogP contribution in [0.4, 0.5) is 0 Å². The fourth-order valence-electron chi connectivity index (χ4n) is 1.65. The molecule has 0 aromatic rings. The standard InChI is InChI=1S/C9H19NOS/c1-3-6(2)9(11)8-4-7(12)5-10-8/h6-12H,3-5H2,1-2H3. The quantitative estimate of drug-likeness (QED) is 0.580. The van der Waals surface area contributed by atoms with Crippen LogP contribution in [0.5, 0.6) is 0 Å². The van der Waals surface area contributed by atoms with Crippen molar-refractivity contribution in [2.75, 3.05) is 6.54 Å². The lowest BCUT2D eigenvalue weighted by Gasteiger charge is -2.23. The largest absolute Gasteiger partial charge is 0.391 e. The molecule has 1 rings (SSSR count). The molecule has 1 fully saturated rings. The van der Waals surface area contributed by atoms with E-state index < -0.39 is 0 Å². The second kappa shape index (κ2) is 4.49. The molecule has 2 N–H and O–H groups in total. The minimum Gasteiger partial charge on any atom is -0.391 e. The first-order valence-electron chi connectivity index (χ1n) is 4.74. The summed E-state index contributed by atoms with van der Waals surface area (Å²) in [4.78, 5) is 0. The third-order valence-electron chi connectivity index (χ3n) is 2.78. The number of rotatable bonds is 3. The van der Waals surface area contributed by atoms with Crippen molar-refractivity contribution in [2.24, 2.45) is 5.92 Å². The molecule has 2 nitrogen and oxygen atoms in total. The maximum atomic E-state index is 9.84. The van der Waals surface area contributed by atoms with Gasteiger partial charge in [-0.2, -0.15) is 12.6 Å². The molecule has 1 aliphatic rings. The van der Waals surface area contributed by atoms with Crippen LogP contribution in [0.25, 0.3) is 0 Å². The molecule has 12 heavy (non-hydrogen) atoms. The van der Waals surface area contributed by atoms with Crippen molar-refractivity contribution in [1.82, 2.24) is 5.32 Å². The van der Waals surface area contributed by atoms with Crippen LogP contribution in [0.3, 0.4) is 0 Å². The Morgan fingerprint density at radius 2 is 2.33 bits per heavy atom. The van der Waals surface area contributed by atoms with Crippen LogP contribution < -0.4 is 5.32 Å². The average Bonchev–Trinajstić information content (AvgIpc) is 2.49. The fourth-order valence-corrected chi connectivity index (χ4v) is 1.98. The van der Waals surface area contributed by atoms with Crippen molar-refractivity contribution < 1.29 is 5.11 Å². The molecular weight excluding hydrogens is 170 g/mol. The zero-order chi connectivity index (χ0) is 9.14. The molecule has 4 atom stereocenters. The minimum absolute atomic E-state index is 0.202. The molecule has 72 valence electrons. The van der Waals surface area contributed by atoms with Crippen LogP contribution in [0.2, 0.25) is 0 Å². The zero-order valence-electron chi connectivity index (χ0n) is 7.83.